The van der Waals surface area contributed by atoms with Gasteiger partial charge in [0.2, 0.25) is 0 Å². The Hall–Kier alpha value is -2.77. The molecule has 0 fully saturated rings. The van der Waals surface area contributed by atoms with Crippen LogP contribution in [0.1, 0.15) is 11.3 Å². The van der Waals surface area contributed by atoms with Gasteiger partial charge in [-0.3, -0.25) is 14.6 Å². The average molecular weight is 367 g/mol. The summed E-state index contributed by atoms with van der Waals surface area (Å²) in [5.41, 5.74) is 4.10. The van der Waals surface area contributed by atoms with Gasteiger partial charge in [0.25, 0.3) is 0 Å². The van der Waals surface area contributed by atoms with E-state index in [0.717, 1.165) is 35.0 Å². The predicted molar refractivity (Wildman–Crippen MR) is 101 cm³/mol. The molecule has 0 amide bonds. The summed E-state index contributed by atoms with van der Waals surface area (Å²) in [4.78, 5) is 6.60. The molecular formula is C19H18FN5S. The van der Waals surface area contributed by atoms with Crippen LogP contribution in [-0.2, 0) is 13.1 Å². The molecule has 4 aromatic rings. The Bertz CT molecular complexity index is 972. The molecule has 1 N–H and O–H groups in total. The maximum Gasteiger partial charge on any atom is 0.193 e. The van der Waals surface area contributed by atoms with Crippen LogP contribution >= 0.6 is 11.3 Å². The number of aromatic nitrogens is 4. The molecular weight excluding hydrogens is 349 g/mol. The van der Waals surface area contributed by atoms with E-state index in [1.165, 1.54) is 17.8 Å². The second kappa shape index (κ2) is 7.23. The molecule has 0 aliphatic carbocycles. The predicted octanol–water partition coefficient (Wildman–Crippen LogP) is 4.10. The summed E-state index contributed by atoms with van der Waals surface area (Å²) < 4.78 is 15.3. The lowest BCUT2D eigenvalue weighted by molar-refractivity contribution is 0.313. The van der Waals surface area contributed by atoms with Crippen LogP contribution in [0.5, 0.6) is 0 Å². The van der Waals surface area contributed by atoms with E-state index in [1.807, 2.05) is 30.0 Å². The number of H-pyrrole nitrogens is 1. The molecule has 0 spiro atoms. The number of thiazole rings is 1. The van der Waals surface area contributed by atoms with E-state index in [9.17, 15) is 4.39 Å². The summed E-state index contributed by atoms with van der Waals surface area (Å²) in [5, 5.41) is 10.1. The first kappa shape index (κ1) is 16.7. The monoisotopic (exact) mass is 367 g/mol. The molecule has 0 aliphatic heterocycles. The Morgan fingerprint density at radius 1 is 1.19 bits per heavy atom. The third-order valence-electron chi connectivity index (χ3n) is 4.18. The molecule has 0 radical (unpaired) electrons. The second-order valence-corrected chi connectivity index (χ2v) is 7.01. The molecule has 0 aliphatic rings. The van der Waals surface area contributed by atoms with Crippen molar-refractivity contribution in [3.63, 3.8) is 0 Å². The Morgan fingerprint density at radius 2 is 2.04 bits per heavy atom. The molecule has 1 aromatic carbocycles. The summed E-state index contributed by atoms with van der Waals surface area (Å²) in [5.74, 6) is -0.241. The van der Waals surface area contributed by atoms with E-state index in [-0.39, 0.29) is 5.82 Å². The minimum atomic E-state index is -0.241. The fourth-order valence-corrected chi connectivity index (χ4v) is 3.64. The van der Waals surface area contributed by atoms with Gasteiger partial charge < -0.3 is 0 Å². The maximum atomic E-state index is 13.2. The number of nitrogens with one attached hydrogen (secondary N) is 1. The van der Waals surface area contributed by atoms with Crippen LogP contribution in [0.3, 0.4) is 0 Å². The van der Waals surface area contributed by atoms with E-state index in [4.69, 9.17) is 0 Å². The van der Waals surface area contributed by atoms with Crippen LogP contribution < -0.4 is 0 Å². The van der Waals surface area contributed by atoms with Gasteiger partial charge >= 0.3 is 0 Å². The first-order valence-corrected chi connectivity index (χ1v) is 9.11. The summed E-state index contributed by atoms with van der Waals surface area (Å²) in [6.07, 6.45) is 5.67. The zero-order chi connectivity index (χ0) is 17.9. The van der Waals surface area contributed by atoms with Gasteiger partial charge in [-0.25, -0.2) is 9.37 Å². The summed E-state index contributed by atoms with van der Waals surface area (Å²) >= 11 is 1.62. The van der Waals surface area contributed by atoms with E-state index in [2.05, 4.69) is 37.8 Å². The van der Waals surface area contributed by atoms with Crippen LogP contribution in [-0.4, -0.2) is 31.7 Å². The van der Waals surface area contributed by atoms with Crippen LogP contribution in [0.4, 0.5) is 4.39 Å². The largest absolute Gasteiger partial charge is 0.296 e. The van der Waals surface area contributed by atoms with E-state index < -0.39 is 0 Å². The standard InChI is InChI=1S/C19H18FN5S/c1-24(13-17-3-2-9-25(17)19-21-8-10-26-19)12-15-11-22-23-18(15)14-4-6-16(20)7-5-14/h2-11H,12-13H2,1H3,(H,22,23). The lowest BCUT2D eigenvalue weighted by Gasteiger charge is -2.17. The lowest BCUT2D eigenvalue weighted by Crippen LogP contribution is -2.19. The van der Waals surface area contributed by atoms with Crippen molar-refractivity contribution in [2.45, 2.75) is 13.1 Å². The smallest absolute Gasteiger partial charge is 0.193 e. The number of aromatic amines is 1. The maximum absolute atomic E-state index is 13.2. The van der Waals surface area contributed by atoms with Crippen LogP contribution in [0, 0.1) is 5.82 Å². The minimum absolute atomic E-state index is 0.241. The second-order valence-electron chi connectivity index (χ2n) is 6.13. The molecule has 0 saturated heterocycles. The number of hydrogen-bond acceptors (Lipinski definition) is 4. The fourth-order valence-electron chi connectivity index (χ4n) is 2.99. The van der Waals surface area contributed by atoms with Crippen molar-refractivity contribution < 1.29 is 4.39 Å². The molecule has 0 bridgehead atoms. The normalized spacial score (nSPS) is 11.3. The van der Waals surface area contributed by atoms with Crippen molar-refractivity contribution in [3.8, 4) is 16.4 Å². The van der Waals surface area contributed by atoms with E-state index in [1.54, 1.807) is 23.5 Å². The number of halogens is 1. The molecule has 132 valence electrons. The van der Waals surface area contributed by atoms with Crippen molar-refractivity contribution in [1.29, 1.82) is 0 Å². The molecule has 0 saturated carbocycles. The van der Waals surface area contributed by atoms with Crippen LogP contribution in [0.2, 0.25) is 0 Å². The Morgan fingerprint density at radius 3 is 2.81 bits per heavy atom. The highest BCUT2D eigenvalue weighted by Gasteiger charge is 2.13. The van der Waals surface area contributed by atoms with Gasteiger partial charge in [0, 0.05) is 47.7 Å². The molecule has 26 heavy (non-hydrogen) atoms. The zero-order valence-electron chi connectivity index (χ0n) is 14.3. The Labute approximate surface area is 154 Å². The van der Waals surface area contributed by atoms with Crippen molar-refractivity contribution in [2.75, 3.05) is 7.05 Å². The van der Waals surface area contributed by atoms with Gasteiger partial charge in [0.05, 0.1) is 11.9 Å². The first-order chi connectivity index (χ1) is 12.7. The lowest BCUT2D eigenvalue weighted by atomic mass is 10.1. The SMILES string of the molecule is CN(Cc1cn[nH]c1-c1ccc(F)cc1)Cc1cccn1-c1nccs1. The fraction of sp³-hybridized carbons (Fsp3) is 0.158. The highest BCUT2D eigenvalue weighted by atomic mass is 32.1. The third-order valence-corrected chi connectivity index (χ3v) is 4.95. The molecule has 3 aromatic heterocycles. The average Bonchev–Trinajstić information content (AvgIpc) is 3.36. The van der Waals surface area contributed by atoms with Gasteiger partial charge in [-0.2, -0.15) is 5.10 Å². The molecule has 4 rings (SSSR count). The molecule has 0 unspecified atom stereocenters. The molecule has 3 heterocycles. The summed E-state index contributed by atoms with van der Waals surface area (Å²) in [6.45, 7) is 1.51. The number of benzene rings is 1. The number of nitrogens with zero attached hydrogens (tertiary/aromatic N) is 4. The minimum Gasteiger partial charge on any atom is -0.296 e. The number of hydrogen-bond donors (Lipinski definition) is 1. The first-order valence-electron chi connectivity index (χ1n) is 8.23. The van der Waals surface area contributed by atoms with Crippen molar-refractivity contribution in [3.05, 3.63) is 77.4 Å². The van der Waals surface area contributed by atoms with Gasteiger partial charge in [-0.15, -0.1) is 11.3 Å². The third kappa shape index (κ3) is 3.44. The highest BCUT2D eigenvalue weighted by Crippen LogP contribution is 2.23. The molecule has 7 heteroatoms. The Kier molecular flexibility index (Phi) is 4.64. The van der Waals surface area contributed by atoms with Gasteiger partial charge in [-0.05, 0) is 43.4 Å². The van der Waals surface area contributed by atoms with Crippen molar-refractivity contribution in [2.24, 2.45) is 0 Å². The van der Waals surface area contributed by atoms with Crippen molar-refractivity contribution >= 4 is 11.3 Å². The Balaban J connectivity index is 1.50. The van der Waals surface area contributed by atoms with E-state index >= 15 is 0 Å². The quantitative estimate of drug-likeness (QED) is 0.558. The van der Waals surface area contributed by atoms with Gasteiger partial charge in [0.1, 0.15) is 5.82 Å². The van der Waals surface area contributed by atoms with Gasteiger partial charge in [0.15, 0.2) is 5.13 Å². The van der Waals surface area contributed by atoms with Gasteiger partial charge in [-0.1, -0.05) is 0 Å². The number of rotatable bonds is 6. The zero-order valence-corrected chi connectivity index (χ0v) is 15.1. The molecule has 5 nitrogen and oxygen atoms in total. The molecule has 0 atom stereocenters. The van der Waals surface area contributed by atoms with E-state index in [0.29, 0.717) is 0 Å². The van der Waals surface area contributed by atoms with Crippen LogP contribution in [0.25, 0.3) is 16.4 Å². The van der Waals surface area contributed by atoms with Crippen molar-refractivity contribution in [1.82, 2.24) is 24.6 Å². The summed E-state index contributed by atoms with van der Waals surface area (Å²) in [7, 11) is 2.07. The topological polar surface area (TPSA) is 49.7 Å². The van der Waals surface area contributed by atoms with Crippen LogP contribution in [0.15, 0.2) is 60.4 Å². The summed E-state index contributed by atoms with van der Waals surface area (Å²) in [6, 6.07) is 10.6. The highest BCUT2D eigenvalue weighted by molar-refractivity contribution is 7.12.